The summed E-state index contributed by atoms with van der Waals surface area (Å²) in [5, 5.41) is 3.12. The molecular formula is C14H17FN4. The Morgan fingerprint density at radius 3 is 2.68 bits per heavy atom. The van der Waals surface area contributed by atoms with Crippen molar-refractivity contribution in [1.82, 2.24) is 9.97 Å². The average molecular weight is 260 g/mol. The quantitative estimate of drug-likeness (QED) is 0.917. The van der Waals surface area contributed by atoms with E-state index in [0.717, 1.165) is 11.3 Å². The molecule has 0 atom stereocenters. The third-order valence-electron chi connectivity index (χ3n) is 2.72. The molecule has 19 heavy (non-hydrogen) atoms. The molecule has 1 aromatic heterocycles. The van der Waals surface area contributed by atoms with E-state index in [1.165, 1.54) is 6.07 Å². The molecule has 1 heterocycles. The third kappa shape index (κ3) is 3.40. The van der Waals surface area contributed by atoms with E-state index in [1.54, 1.807) is 23.4 Å². The molecule has 0 saturated carbocycles. The molecule has 0 amide bonds. The molecule has 2 aromatic rings. The number of aryl methyl sites for hydroxylation is 1. The zero-order valence-corrected chi connectivity index (χ0v) is 11.3. The van der Waals surface area contributed by atoms with Gasteiger partial charge < -0.3 is 10.2 Å². The zero-order chi connectivity index (χ0) is 13.8. The third-order valence-corrected chi connectivity index (χ3v) is 2.72. The van der Waals surface area contributed by atoms with E-state index in [1.807, 2.05) is 27.1 Å². The van der Waals surface area contributed by atoms with E-state index in [4.69, 9.17) is 0 Å². The second kappa shape index (κ2) is 5.65. The molecule has 0 fully saturated rings. The fourth-order valence-electron chi connectivity index (χ4n) is 1.76. The number of hydrogen-bond donors (Lipinski definition) is 1. The highest BCUT2D eigenvalue weighted by Gasteiger charge is 2.05. The van der Waals surface area contributed by atoms with Gasteiger partial charge in [-0.3, -0.25) is 4.98 Å². The Morgan fingerprint density at radius 2 is 2.05 bits per heavy atom. The van der Waals surface area contributed by atoms with E-state index in [9.17, 15) is 4.39 Å². The van der Waals surface area contributed by atoms with E-state index in [0.29, 0.717) is 18.1 Å². The molecule has 4 nitrogen and oxygen atoms in total. The number of halogens is 1. The molecule has 1 aromatic carbocycles. The molecule has 0 saturated heterocycles. The summed E-state index contributed by atoms with van der Waals surface area (Å²) < 4.78 is 13.8. The van der Waals surface area contributed by atoms with Crippen molar-refractivity contribution in [3.8, 4) is 0 Å². The van der Waals surface area contributed by atoms with Crippen LogP contribution in [0, 0.1) is 12.7 Å². The van der Waals surface area contributed by atoms with Crippen LogP contribution in [-0.2, 0) is 6.54 Å². The molecule has 1 N–H and O–H groups in total. The highest BCUT2D eigenvalue weighted by atomic mass is 19.1. The predicted molar refractivity (Wildman–Crippen MR) is 74.8 cm³/mol. The van der Waals surface area contributed by atoms with Crippen LogP contribution in [-0.4, -0.2) is 24.1 Å². The summed E-state index contributed by atoms with van der Waals surface area (Å²) in [4.78, 5) is 10.1. The van der Waals surface area contributed by atoms with Crippen molar-refractivity contribution in [2.24, 2.45) is 0 Å². The van der Waals surface area contributed by atoms with Crippen molar-refractivity contribution in [1.29, 1.82) is 0 Å². The number of nitrogens with zero attached hydrogens (tertiary/aromatic N) is 3. The van der Waals surface area contributed by atoms with Gasteiger partial charge in [-0.2, -0.15) is 0 Å². The lowest BCUT2D eigenvalue weighted by molar-refractivity contribution is 0.624. The molecular weight excluding hydrogens is 243 g/mol. The lowest BCUT2D eigenvalue weighted by Crippen LogP contribution is -2.11. The van der Waals surface area contributed by atoms with Crippen molar-refractivity contribution in [3.05, 3.63) is 47.7 Å². The minimum absolute atomic E-state index is 0.223. The Hall–Kier alpha value is -2.17. The Balaban J connectivity index is 2.06. The van der Waals surface area contributed by atoms with Gasteiger partial charge in [-0.25, -0.2) is 9.37 Å². The Labute approximate surface area is 112 Å². The van der Waals surface area contributed by atoms with E-state index < -0.39 is 0 Å². The van der Waals surface area contributed by atoms with Crippen molar-refractivity contribution in [3.63, 3.8) is 0 Å². The van der Waals surface area contributed by atoms with Gasteiger partial charge in [-0.15, -0.1) is 0 Å². The van der Waals surface area contributed by atoms with Crippen LogP contribution < -0.4 is 10.2 Å². The van der Waals surface area contributed by atoms with Crippen LogP contribution in [0.5, 0.6) is 0 Å². The lowest BCUT2D eigenvalue weighted by Gasteiger charge is -2.14. The number of anilines is 2. The minimum atomic E-state index is -0.223. The molecule has 0 bridgehead atoms. The molecule has 0 spiro atoms. The lowest BCUT2D eigenvalue weighted by atomic mass is 10.2. The number of hydrogen-bond acceptors (Lipinski definition) is 4. The van der Waals surface area contributed by atoms with Gasteiger partial charge in [0, 0.05) is 26.8 Å². The van der Waals surface area contributed by atoms with Crippen molar-refractivity contribution in [2.45, 2.75) is 13.5 Å². The molecule has 100 valence electrons. The predicted octanol–water partition coefficient (Wildman–Crippen LogP) is 2.60. The maximum absolute atomic E-state index is 13.8. The van der Waals surface area contributed by atoms with Gasteiger partial charge in [0.05, 0.1) is 17.6 Å². The molecule has 0 radical (unpaired) electrons. The molecule has 0 unspecified atom stereocenters. The molecule has 5 heteroatoms. The van der Waals surface area contributed by atoms with Crippen LogP contribution in [0.3, 0.4) is 0 Å². The summed E-state index contributed by atoms with van der Waals surface area (Å²) in [5.74, 6) is 0.469. The average Bonchev–Trinajstić information content (AvgIpc) is 2.36. The standard InChI is InChI=1S/C14H17FN4/c1-10-7-16-9-14(18-10)17-8-11-4-5-13(19(2)3)12(15)6-11/h4-7,9H,8H2,1-3H3,(H,17,18). The fraction of sp³-hybridized carbons (Fsp3) is 0.286. The Morgan fingerprint density at radius 1 is 1.26 bits per heavy atom. The van der Waals surface area contributed by atoms with Gasteiger partial charge in [0.25, 0.3) is 0 Å². The molecule has 0 aliphatic heterocycles. The summed E-state index contributed by atoms with van der Waals surface area (Å²) in [6.07, 6.45) is 3.34. The topological polar surface area (TPSA) is 41.1 Å². The zero-order valence-electron chi connectivity index (χ0n) is 11.3. The molecule has 0 aliphatic carbocycles. The van der Waals surface area contributed by atoms with Gasteiger partial charge in [0.15, 0.2) is 0 Å². The monoisotopic (exact) mass is 260 g/mol. The first-order valence-corrected chi connectivity index (χ1v) is 6.04. The van der Waals surface area contributed by atoms with Gasteiger partial charge in [-0.05, 0) is 24.6 Å². The minimum Gasteiger partial charge on any atom is -0.375 e. The SMILES string of the molecule is Cc1cncc(NCc2ccc(N(C)C)c(F)c2)n1. The smallest absolute Gasteiger partial charge is 0.146 e. The van der Waals surface area contributed by atoms with E-state index in [2.05, 4.69) is 15.3 Å². The normalized spacial score (nSPS) is 10.3. The largest absolute Gasteiger partial charge is 0.375 e. The Bertz CT molecular complexity index is 569. The van der Waals surface area contributed by atoms with Crippen LogP contribution in [0.4, 0.5) is 15.9 Å². The first-order valence-electron chi connectivity index (χ1n) is 6.04. The second-order valence-corrected chi connectivity index (χ2v) is 4.58. The maximum atomic E-state index is 13.8. The number of rotatable bonds is 4. The van der Waals surface area contributed by atoms with Crippen LogP contribution >= 0.6 is 0 Å². The Kier molecular flexibility index (Phi) is 3.94. The summed E-state index contributed by atoms with van der Waals surface area (Å²) in [6.45, 7) is 2.40. The molecule has 0 aliphatic rings. The van der Waals surface area contributed by atoms with Gasteiger partial charge >= 0.3 is 0 Å². The van der Waals surface area contributed by atoms with E-state index in [-0.39, 0.29) is 5.82 Å². The number of nitrogens with one attached hydrogen (secondary N) is 1. The van der Waals surface area contributed by atoms with Crippen LogP contribution in [0.1, 0.15) is 11.3 Å². The van der Waals surface area contributed by atoms with Gasteiger partial charge in [-0.1, -0.05) is 6.07 Å². The highest BCUT2D eigenvalue weighted by Crippen LogP contribution is 2.18. The van der Waals surface area contributed by atoms with Crippen LogP contribution in [0.15, 0.2) is 30.6 Å². The van der Waals surface area contributed by atoms with E-state index >= 15 is 0 Å². The number of aromatic nitrogens is 2. The van der Waals surface area contributed by atoms with Gasteiger partial charge in [0.1, 0.15) is 11.6 Å². The van der Waals surface area contributed by atoms with Crippen molar-refractivity contribution in [2.75, 3.05) is 24.3 Å². The van der Waals surface area contributed by atoms with Crippen molar-refractivity contribution < 1.29 is 4.39 Å². The summed E-state index contributed by atoms with van der Waals surface area (Å²) >= 11 is 0. The van der Waals surface area contributed by atoms with Crippen LogP contribution in [0.25, 0.3) is 0 Å². The number of benzene rings is 1. The fourth-order valence-corrected chi connectivity index (χ4v) is 1.76. The van der Waals surface area contributed by atoms with Crippen molar-refractivity contribution >= 4 is 11.5 Å². The van der Waals surface area contributed by atoms with Crippen LogP contribution in [0.2, 0.25) is 0 Å². The first-order chi connectivity index (χ1) is 9.06. The highest BCUT2D eigenvalue weighted by molar-refractivity contribution is 5.48. The molecule has 2 rings (SSSR count). The second-order valence-electron chi connectivity index (χ2n) is 4.58. The van der Waals surface area contributed by atoms with Gasteiger partial charge in [0.2, 0.25) is 0 Å². The maximum Gasteiger partial charge on any atom is 0.146 e. The summed E-state index contributed by atoms with van der Waals surface area (Å²) in [7, 11) is 3.64. The summed E-state index contributed by atoms with van der Waals surface area (Å²) in [6, 6.07) is 5.20. The first kappa shape index (κ1) is 13.3. The summed E-state index contributed by atoms with van der Waals surface area (Å²) in [5.41, 5.74) is 2.30.